The van der Waals surface area contributed by atoms with Crippen LogP contribution in [-0.2, 0) is 16.1 Å². The van der Waals surface area contributed by atoms with Gasteiger partial charge >= 0.3 is 5.97 Å². The molecule has 7 nitrogen and oxygen atoms in total. The normalized spacial score (nSPS) is 10.5. The van der Waals surface area contributed by atoms with Crippen molar-refractivity contribution in [3.8, 4) is 22.9 Å². The molecule has 0 bridgehead atoms. The first-order valence-electron chi connectivity index (χ1n) is 8.38. The van der Waals surface area contributed by atoms with E-state index in [1.165, 1.54) is 0 Å². The van der Waals surface area contributed by atoms with Crippen molar-refractivity contribution < 1.29 is 23.5 Å². The number of aryl methyl sites for hydroxylation is 2. The zero-order chi connectivity index (χ0) is 19.2. The lowest BCUT2D eigenvalue weighted by Gasteiger charge is -2.07. The van der Waals surface area contributed by atoms with Gasteiger partial charge in [0.1, 0.15) is 11.5 Å². The van der Waals surface area contributed by atoms with Gasteiger partial charge in [0.2, 0.25) is 5.82 Å². The lowest BCUT2D eigenvalue weighted by atomic mass is 10.1. The topological polar surface area (TPSA) is 83.7 Å². The Morgan fingerprint density at radius 2 is 1.85 bits per heavy atom. The molecule has 0 spiro atoms. The van der Waals surface area contributed by atoms with Crippen LogP contribution < -0.4 is 9.47 Å². The summed E-state index contributed by atoms with van der Waals surface area (Å²) in [6, 6.07) is 13.1. The number of ether oxygens (including phenoxy) is 3. The van der Waals surface area contributed by atoms with Crippen LogP contribution in [0, 0.1) is 13.8 Å². The number of methoxy groups -OCH3 is 1. The fourth-order valence-electron chi connectivity index (χ4n) is 2.59. The van der Waals surface area contributed by atoms with E-state index in [1.807, 2.05) is 50.2 Å². The van der Waals surface area contributed by atoms with Crippen LogP contribution in [0.5, 0.6) is 11.5 Å². The van der Waals surface area contributed by atoms with E-state index in [9.17, 15) is 4.79 Å². The van der Waals surface area contributed by atoms with Gasteiger partial charge in [-0.25, -0.2) is 4.79 Å². The highest BCUT2D eigenvalue weighted by Gasteiger charge is 2.14. The van der Waals surface area contributed by atoms with Crippen molar-refractivity contribution in [2.45, 2.75) is 20.5 Å². The predicted octanol–water partition coefficient (Wildman–Crippen LogP) is 3.48. The van der Waals surface area contributed by atoms with E-state index in [-0.39, 0.29) is 19.1 Å². The van der Waals surface area contributed by atoms with E-state index in [0.717, 1.165) is 11.1 Å². The highest BCUT2D eigenvalue weighted by atomic mass is 16.6. The highest BCUT2D eigenvalue weighted by Crippen LogP contribution is 2.27. The van der Waals surface area contributed by atoms with Crippen LogP contribution in [0.25, 0.3) is 11.4 Å². The van der Waals surface area contributed by atoms with Crippen LogP contribution in [0.4, 0.5) is 0 Å². The number of hydrogen-bond donors (Lipinski definition) is 0. The molecule has 0 aliphatic carbocycles. The van der Waals surface area contributed by atoms with Gasteiger partial charge in [0, 0.05) is 0 Å². The van der Waals surface area contributed by atoms with Crippen molar-refractivity contribution in [2.75, 3.05) is 13.7 Å². The zero-order valence-corrected chi connectivity index (χ0v) is 15.4. The minimum atomic E-state index is -0.522. The second kappa shape index (κ2) is 8.35. The summed E-state index contributed by atoms with van der Waals surface area (Å²) >= 11 is 0. The number of rotatable bonds is 7. The predicted molar refractivity (Wildman–Crippen MR) is 97.5 cm³/mol. The maximum Gasteiger partial charge on any atom is 0.344 e. The molecular formula is C20H20N2O5. The van der Waals surface area contributed by atoms with Crippen molar-refractivity contribution in [3.63, 3.8) is 0 Å². The Morgan fingerprint density at radius 3 is 2.59 bits per heavy atom. The van der Waals surface area contributed by atoms with Gasteiger partial charge in [-0.2, -0.15) is 4.98 Å². The summed E-state index contributed by atoms with van der Waals surface area (Å²) < 4.78 is 21.0. The molecule has 0 aliphatic heterocycles. The Hall–Kier alpha value is -3.35. The smallest absolute Gasteiger partial charge is 0.344 e. The quantitative estimate of drug-likeness (QED) is 0.590. The van der Waals surface area contributed by atoms with Crippen molar-refractivity contribution in [3.05, 3.63) is 59.5 Å². The number of para-hydroxylation sites is 1. The summed E-state index contributed by atoms with van der Waals surface area (Å²) in [7, 11) is 1.57. The van der Waals surface area contributed by atoms with Crippen LogP contribution >= 0.6 is 0 Å². The van der Waals surface area contributed by atoms with Crippen molar-refractivity contribution in [2.24, 2.45) is 0 Å². The molecule has 3 rings (SSSR count). The molecule has 0 radical (unpaired) electrons. The molecule has 0 aliphatic rings. The first-order valence-corrected chi connectivity index (χ1v) is 8.38. The molecule has 0 fully saturated rings. The van der Waals surface area contributed by atoms with Crippen LogP contribution in [0.2, 0.25) is 0 Å². The fourth-order valence-corrected chi connectivity index (χ4v) is 2.59. The molecule has 7 heteroatoms. The van der Waals surface area contributed by atoms with Gasteiger partial charge in [0.05, 0.1) is 12.7 Å². The first kappa shape index (κ1) is 18.4. The number of benzene rings is 2. The molecule has 27 heavy (non-hydrogen) atoms. The van der Waals surface area contributed by atoms with Crippen LogP contribution in [0.3, 0.4) is 0 Å². The maximum atomic E-state index is 11.9. The monoisotopic (exact) mass is 368 g/mol. The summed E-state index contributed by atoms with van der Waals surface area (Å²) in [6.07, 6.45) is 0. The van der Waals surface area contributed by atoms with E-state index in [4.69, 9.17) is 18.7 Å². The SMILES string of the molecule is COc1ccccc1-c1noc(COC(=O)COc2cc(C)cc(C)c2)n1. The Labute approximate surface area is 156 Å². The summed E-state index contributed by atoms with van der Waals surface area (Å²) in [5.74, 6) is 1.29. The highest BCUT2D eigenvalue weighted by molar-refractivity contribution is 5.71. The van der Waals surface area contributed by atoms with Crippen molar-refractivity contribution in [1.82, 2.24) is 10.1 Å². The molecule has 3 aromatic rings. The first-order chi connectivity index (χ1) is 13.0. The Morgan fingerprint density at radius 1 is 1.11 bits per heavy atom. The third kappa shape index (κ3) is 4.84. The van der Waals surface area contributed by atoms with Gasteiger partial charge in [-0.1, -0.05) is 23.4 Å². The molecule has 2 aromatic carbocycles. The molecule has 0 N–H and O–H groups in total. The molecular weight excluding hydrogens is 348 g/mol. The average molecular weight is 368 g/mol. The lowest BCUT2D eigenvalue weighted by molar-refractivity contribution is -0.148. The molecule has 0 unspecified atom stereocenters. The summed E-state index contributed by atoms with van der Waals surface area (Å²) in [5.41, 5.74) is 2.82. The van der Waals surface area contributed by atoms with E-state index in [1.54, 1.807) is 13.2 Å². The third-order valence-corrected chi connectivity index (χ3v) is 3.72. The molecule has 140 valence electrons. The number of nitrogens with zero attached hydrogens (tertiary/aromatic N) is 2. The minimum Gasteiger partial charge on any atom is -0.496 e. The van der Waals surface area contributed by atoms with Gasteiger partial charge in [-0.05, 0) is 49.2 Å². The Balaban J connectivity index is 1.54. The summed E-state index contributed by atoms with van der Waals surface area (Å²) in [5, 5.41) is 3.90. The Bertz CT molecular complexity index is 915. The van der Waals surface area contributed by atoms with Gasteiger partial charge in [-0.15, -0.1) is 0 Å². The molecule has 0 atom stereocenters. The largest absolute Gasteiger partial charge is 0.496 e. The molecule has 0 saturated carbocycles. The Kier molecular flexibility index (Phi) is 5.71. The molecule has 0 saturated heterocycles. The summed E-state index contributed by atoms with van der Waals surface area (Å²) in [6.45, 7) is 3.60. The van der Waals surface area contributed by atoms with Crippen LogP contribution in [0.1, 0.15) is 17.0 Å². The molecule has 1 heterocycles. The fraction of sp³-hybridized carbons (Fsp3) is 0.250. The summed E-state index contributed by atoms with van der Waals surface area (Å²) in [4.78, 5) is 16.1. The standard InChI is InChI=1S/C20H20N2O5/c1-13-8-14(2)10-15(9-13)25-12-19(23)26-11-18-21-20(22-27-18)16-6-4-5-7-17(16)24-3/h4-10H,11-12H2,1-3H3. The number of esters is 1. The zero-order valence-electron chi connectivity index (χ0n) is 15.4. The molecule has 1 aromatic heterocycles. The second-order valence-corrected chi connectivity index (χ2v) is 5.98. The van der Waals surface area contributed by atoms with Gasteiger partial charge in [0.25, 0.3) is 5.89 Å². The van der Waals surface area contributed by atoms with Crippen LogP contribution in [-0.4, -0.2) is 29.8 Å². The van der Waals surface area contributed by atoms with E-state index < -0.39 is 5.97 Å². The lowest BCUT2D eigenvalue weighted by Crippen LogP contribution is -2.15. The van der Waals surface area contributed by atoms with E-state index >= 15 is 0 Å². The number of hydrogen-bond acceptors (Lipinski definition) is 7. The maximum absolute atomic E-state index is 11.9. The van der Waals surface area contributed by atoms with Crippen LogP contribution in [0.15, 0.2) is 47.0 Å². The number of carbonyl (C=O) groups is 1. The van der Waals surface area contributed by atoms with Gasteiger partial charge in [0.15, 0.2) is 13.2 Å². The average Bonchev–Trinajstić information content (AvgIpc) is 3.13. The third-order valence-electron chi connectivity index (χ3n) is 3.72. The minimum absolute atomic E-state index is 0.128. The van der Waals surface area contributed by atoms with Gasteiger partial charge in [-0.3, -0.25) is 0 Å². The van der Waals surface area contributed by atoms with Crippen molar-refractivity contribution in [1.29, 1.82) is 0 Å². The molecule has 0 amide bonds. The van der Waals surface area contributed by atoms with Gasteiger partial charge < -0.3 is 18.7 Å². The second-order valence-electron chi connectivity index (χ2n) is 5.98. The van der Waals surface area contributed by atoms with Crippen molar-refractivity contribution >= 4 is 5.97 Å². The van der Waals surface area contributed by atoms with E-state index in [0.29, 0.717) is 22.9 Å². The van der Waals surface area contributed by atoms with E-state index in [2.05, 4.69) is 10.1 Å². The number of aromatic nitrogens is 2. The number of carbonyl (C=O) groups excluding carboxylic acids is 1.